The van der Waals surface area contributed by atoms with Gasteiger partial charge in [-0.25, -0.2) is 4.39 Å². The molecule has 25 heavy (non-hydrogen) atoms. The third-order valence-corrected chi connectivity index (χ3v) is 4.12. The lowest BCUT2D eigenvalue weighted by molar-refractivity contribution is -0.117. The number of benzene rings is 1. The lowest BCUT2D eigenvalue weighted by Crippen LogP contribution is -2.49. The van der Waals surface area contributed by atoms with Crippen molar-refractivity contribution >= 4 is 17.4 Å². The van der Waals surface area contributed by atoms with Crippen LogP contribution in [0.3, 0.4) is 0 Å². The molecule has 3 rings (SSSR count). The molecule has 132 valence electrons. The lowest BCUT2D eigenvalue weighted by atomic mass is 10.2. The van der Waals surface area contributed by atoms with Crippen LogP contribution in [0.25, 0.3) is 0 Å². The van der Waals surface area contributed by atoms with Crippen LogP contribution in [0.4, 0.5) is 10.1 Å². The highest BCUT2D eigenvalue weighted by Gasteiger charge is 2.21. The molecule has 1 aliphatic rings. The Hall–Kier alpha value is -2.51. The predicted octanol–water partition coefficient (Wildman–Crippen LogP) is 1.86. The first-order valence-electron chi connectivity index (χ1n) is 8.17. The van der Waals surface area contributed by atoms with E-state index in [9.17, 15) is 14.0 Å². The molecular weight excluding hydrogens is 325 g/mol. The molecule has 0 unspecified atom stereocenters. The summed E-state index contributed by atoms with van der Waals surface area (Å²) in [4.78, 5) is 28.2. The number of amides is 1. The highest BCUT2D eigenvalue weighted by Crippen LogP contribution is 2.09. The fourth-order valence-electron chi connectivity index (χ4n) is 2.76. The second kappa shape index (κ2) is 8.04. The maximum atomic E-state index is 12.9. The Kier molecular flexibility index (Phi) is 5.57. The maximum Gasteiger partial charge on any atom is 0.238 e. The van der Waals surface area contributed by atoms with Gasteiger partial charge in [0.2, 0.25) is 11.7 Å². The number of Topliss-reactive ketones (excluding diaryl/α,β-unsaturated/α-hetero) is 1. The maximum absolute atomic E-state index is 12.9. The standard InChI is InChI=1S/C18H20FN3O3/c19-14-3-5-15(6-4-14)20-18(24)13-22-9-7-21(8-10-22)12-16(23)17-2-1-11-25-17/h1-6,11H,7-10,12-13H2,(H,20,24). The second-order valence-corrected chi connectivity index (χ2v) is 6.01. The Morgan fingerprint density at radius 2 is 1.64 bits per heavy atom. The molecule has 7 heteroatoms. The van der Waals surface area contributed by atoms with Crippen molar-refractivity contribution < 1.29 is 18.4 Å². The summed E-state index contributed by atoms with van der Waals surface area (Å²) in [6.07, 6.45) is 1.49. The van der Waals surface area contributed by atoms with E-state index in [0.29, 0.717) is 31.1 Å². The first-order chi connectivity index (χ1) is 12.1. The van der Waals surface area contributed by atoms with Crippen LogP contribution in [-0.2, 0) is 4.79 Å². The summed E-state index contributed by atoms with van der Waals surface area (Å²) in [5.41, 5.74) is 0.578. The van der Waals surface area contributed by atoms with Crippen LogP contribution in [0, 0.1) is 5.82 Å². The van der Waals surface area contributed by atoms with Crippen LogP contribution in [-0.4, -0.2) is 60.8 Å². The molecule has 0 aliphatic carbocycles. The molecule has 0 radical (unpaired) electrons. The van der Waals surface area contributed by atoms with E-state index in [1.165, 1.54) is 30.5 Å². The summed E-state index contributed by atoms with van der Waals surface area (Å²) in [6, 6.07) is 9.05. The number of carbonyl (C=O) groups excluding carboxylic acids is 2. The molecule has 2 heterocycles. The van der Waals surface area contributed by atoms with Gasteiger partial charge in [0.15, 0.2) is 5.76 Å². The van der Waals surface area contributed by atoms with Gasteiger partial charge in [0.05, 0.1) is 19.4 Å². The van der Waals surface area contributed by atoms with Gasteiger partial charge >= 0.3 is 0 Å². The first-order valence-corrected chi connectivity index (χ1v) is 8.17. The monoisotopic (exact) mass is 345 g/mol. The number of halogens is 1. The Bertz CT molecular complexity index is 708. The summed E-state index contributed by atoms with van der Waals surface area (Å²) < 4.78 is 18.0. The number of furan rings is 1. The molecule has 1 aromatic carbocycles. The number of piperazine rings is 1. The minimum absolute atomic E-state index is 0.0347. The van der Waals surface area contributed by atoms with Crippen molar-refractivity contribution in [1.82, 2.24) is 9.80 Å². The second-order valence-electron chi connectivity index (χ2n) is 6.01. The molecule has 1 amide bonds. The Balaban J connectivity index is 1.40. The van der Waals surface area contributed by atoms with E-state index in [0.717, 1.165) is 13.1 Å². The summed E-state index contributed by atoms with van der Waals surface area (Å²) in [5, 5.41) is 2.75. The van der Waals surface area contributed by atoms with Crippen LogP contribution in [0.2, 0.25) is 0 Å². The van der Waals surface area contributed by atoms with E-state index in [4.69, 9.17) is 4.42 Å². The summed E-state index contributed by atoms with van der Waals surface area (Å²) in [7, 11) is 0. The highest BCUT2D eigenvalue weighted by atomic mass is 19.1. The van der Waals surface area contributed by atoms with E-state index in [1.807, 2.05) is 4.90 Å². The van der Waals surface area contributed by atoms with Gasteiger partial charge < -0.3 is 9.73 Å². The molecular formula is C18H20FN3O3. The molecule has 6 nitrogen and oxygen atoms in total. The lowest BCUT2D eigenvalue weighted by Gasteiger charge is -2.33. The third-order valence-electron chi connectivity index (χ3n) is 4.12. The molecule has 0 saturated carbocycles. The Morgan fingerprint density at radius 3 is 2.24 bits per heavy atom. The SMILES string of the molecule is O=C(CN1CCN(CC(=O)c2ccco2)CC1)Nc1ccc(F)cc1. The van der Waals surface area contributed by atoms with Gasteiger partial charge in [0, 0.05) is 31.9 Å². The number of nitrogens with one attached hydrogen (secondary N) is 1. The van der Waals surface area contributed by atoms with Gasteiger partial charge in [-0.1, -0.05) is 0 Å². The van der Waals surface area contributed by atoms with Crippen LogP contribution < -0.4 is 5.32 Å². The van der Waals surface area contributed by atoms with E-state index in [2.05, 4.69) is 10.2 Å². The van der Waals surface area contributed by atoms with Crippen molar-refractivity contribution in [3.05, 3.63) is 54.2 Å². The normalized spacial score (nSPS) is 15.9. The zero-order valence-electron chi connectivity index (χ0n) is 13.8. The van der Waals surface area contributed by atoms with E-state index in [1.54, 1.807) is 12.1 Å². The zero-order chi connectivity index (χ0) is 17.6. The predicted molar refractivity (Wildman–Crippen MR) is 90.9 cm³/mol. The van der Waals surface area contributed by atoms with E-state index >= 15 is 0 Å². The molecule has 0 spiro atoms. The zero-order valence-corrected chi connectivity index (χ0v) is 13.8. The molecule has 0 atom stereocenters. The Labute approximate surface area is 145 Å². The molecule has 2 aromatic rings. The number of nitrogens with zero attached hydrogens (tertiary/aromatic N) is 2. The van der Waals surface area contributed by atoms with E-state index in [-0.39, 0.29) is 24.1 Å². The van der Waals surface area contributed by atoms with Gasteiger partial charge in [-0.2, -0.15) is 0 Å². The van der Waals surface area contributed by atoms with Crippen molar-refractivity contribution in [3.8, 4) is 0 Å². The summed E-state index contributed by atoms with van der Waals surface area (Å²) in [6.45, 7) is 3.46. The first kappa shape index (κ1) is 17.3. The molecule has 0 bridgehead atoms. The Morgan fingerprint density at radius 1 is 1.00 bits per heavy atom. The minimum Gasteiger partial charge on any atom is -0.461 e. The van der Waals surface area contributed by atoms with Crippen molar-refractivity contribution in [2.75, 3.05) is 44.6 Å². The van der Waals surface area contributed by atoms with Crippen LogP contribution in [0.5, 0.6) is 0 Å². The van der Waals surface area contributed by atoms with Gasteiger partial charge in [-0.05, 0) is 36.4 Å². The van der Waals surface area contributed by atoms with Crippen molar-refractivity contribution in [2.24, 2.45) is 0 Å². The average Bonchev–Trinajstić information content (AvgIpc) is 3.13. The van der Waals surface area contributed by atoms with Crippen LogP contribution in [0.15, 0.2) is 47.1 Å². The molecule has 1 aliphatic heterocycles. The van der Waals surface area contributed by atoms with Crippen LogP contribution >= 0.6 is 0 Å². The smallest absolute Gasteiger partial charge is 0.238 e. The van der Waals surface area contributed by atoms with Gasteiger partial charge in [-0.15, -0.1) is 0 Å². The van der Waals surface area contributed by atoms with Crippen molar-refractivity contribution in [1.29, 1.82) is 0 Å². The number of carbonyl (C=O) groups is 2. The van der Waals surface area contributed by atoms with Gasteiger partial charge in [0.1, 0.15) is 5.82 Å². The highest BCUT2D eigenvalue weighted by molar-refractivity contribution is 5.95. The average molecular weight is 345 g/mol. The van der Waals surface area contributed by atoms with Gasteiger partial charge in [0.25, 0.3) is 0 Å². The quantitative estimate of drug-likeness (QED) is 0.810. The topological polar surface area (TPSA) is 65.8 Å². The summed E-state index contributed by atoms with van der Waals surface area (Å²) in [5.74, 6) is -0.126. The largest absolute Gasteiger partial charge is 0.461 e. The third kappa shape index (κ3) is 4.98. The minimum atomic E-state index is -0.335. The molecule has 1 N–H and O–H groups in total. The fraction of sp³-hybridized carbons (Fsp3) is 0.333. The van der Waals surface area contributed by atoms with Crippen LogP contribution in [0.1, 0.15) is 10.6 Å². The fourth-order valence-corrected chi connectivity index (χ4v) is 2.76. The number of rotatable bonds is 6. The van der Waals surface area contributed by atoms with Gasteiger partial charge in [-0.3, -0.25) is 19.4 Å². The summed E-state index contributed by atoms with van der Waals surface area (Å²) >= 11 is 0. The molecule has 1 aromatic heterocycles. The molecule has 1 saturated heterocycles. The van der Waals surface area contributed by atoms with Crippen molar-refractivity contribution in [2.45, 2.75) is 0 Å². The van der Waals surface area contributed by atoms with E-state index < -0.39 is 0 Å². The van der Waals surface area contributed by atoms with Crippen molar-refractivity contribution in [3.63, 3.8) is 0 Å². The number of anilines is 1. The number of hydrogen-bond donors (Lipinski definition) is 1. The number of hydrogen-bond acceptors (Lipinski definition) is 5. The number of ketones is 1. The molecule has 1 fully saturated rings.